The van der Waals surface area contributed by atoms with Crippen molar-refractivity contribution in [1.29, 1.82) is 0 Å². The van der Waals surface area contributed by atoms with E-state index in [9.17, 15) is 5.11 Å². The third-order valence-electron chi connectivity index (χ3n) is 2.16. The average Bonchev–Trinajstić information content (AvgIpc) is 1.84. The first-order valence-electron chi connectivity index (χ1n) is 4.76. The summed E-state index contributed by atoms with van der Waals surface area (Å²) in [6.07, 6.45) is 0. The second-order valence-corrected chi connectivity index (χ2v) is 4.66. The van der Waals surface area contributed by atoms with Crippen LogP contribution in [0.3, 0.4) is 0 Å². The molecule has 0 spiro atoms. The van der Waals surface area contributed by atoms with Crippen molar-refractivity contribution in [3.63, 3.8) is 0 Å². The second kappa shape index (κ2) is 4.83. The predicted molar refractivity (Wildman–Crippen MR) is 53.2 cm³/mol. The summed E-state index contributed by atoms with van der Waals surface area (Å²) in [5, 5.41) is 12.7. The summed E-state index contributed by atoms with van der Waals surface area (Å²) in [4.78, 5) is 0. The minimum atomic E-state index is -0.587. The molecule has 0 aliphatic carbocycles. The molecule has 0 heterocycles. The van der Waals surface area contributed by atoms with Gasteiger partial charge in [-0.25, -0.2) is 0 Å². The standard InChI is InChI=1S/C10H23NO/c1-8(2)9(3)6-11-7-10(4,5)12/h8-9,11-12H,6-7H2,1-5H3. The van der Waals surface area contributed by atoms with Crippen molar-refractivity contribution in [2.75, 3.05) is 13.1 Å². The molecule has 0 aliphatic rings. The van der Waals surface area contributed by atoms with E-state index in [0.717, 1.165) is 6.54 Å². The van der Waals surface area contributed by atoms with Crippen molar-refractivity contribution in [2.45, 2.75) is 40.2 Å². The molecule has 2 nitrogen and oxygen atoms in total. The molecule has 2 heteroatoms. The summed E-state index contributed by atoms with van der Waals surface area (Å²) in [5.41, 5.74) is -0.587. The smallest absolute Gasteiger partial charge is 0.0715 e. The maximum absolute atomic E-state index is 9.41. The van der Waals surface area contributed by atoms with Crippen LogP contribution in [0.2, 0.25) is 0 Å². The fourth-order valence-corrected chi connectivity index (χ4v) is 0.841. The number of nitrogens with one attached hydrogen (secondary N) is 1. The molecule has 0 fully saturated rings. The van der Waals surface area contributed by atoms with Crippen LogP contribution in [0, 0.1) is 11.8 Å². The number of rotatable bonds is 5. The molecule has 0 aromatic carbocycles. The van der Waals surface area contributed by atoms with Gasteiger partial charge in [0, 0.05) is 6.54 Å². The first kappa shape index (κ1) is 11.9. The zero-order valence-electron chi connectivity index (χ0n) is 9.02. The summed E-state index contributed by atoms with van der Waals surface area (Å²) < 4.78 is 0. The molecule has 0 saturated heterocycles. The lowest BCUT2D eigenvalue weighted by atomic mass is 9.98. The van der Waals surface area contributed by atoms with Crippen LogP contribution in [0.15, 0.2) is 0 Å². The summed E-state index contributed by atoms with van der Waals surface area (Å²) in [6.45, 7) is 12.0. The van der Waals surface area contributed by atoms with Gasteiger partial charge >= 0.3 is 0 Å². The van der Waals surface area contributed by atoms with E-state index in [-0.39, 0.29) is 0 Å². The highest BCUT2D eigenvalue weighted by atomic mass is 16.3. The van der Waals surface area contributed by atoms with Gasteiger partial charge in [-0.15, -0.1) is 0 Å². The van der Waals surface area contributed by atoms with Crippen LogP contribution >= 0.6 is 0 Å². The largest absolute Gasteiger partial charge is 0.389 e. The van der Waals surface area contributed by atoms with Crippen molar-refractivity contribution in [2.24, 2.45) is 11.8 Å². The van der Waals surface area contributed by atoms with Crippen LogP contribution in [0.1, 0.15) is 34.6 Å². The molecular formula is C10H23NO. The van der Waals surface area contributed by atoms with Crippen LogP contribution in [0.5, 0.6) is 0 Å². The lowest BCUT2D eigenvalue weighted by Crippen LogP contribution is -2.37. The molecule has 0 bridgehead atoms. The van der Waals surface area contributed by atoms with E-state index in [4.69, 9.17) is 0 Å². The van der Waals surface area contributed by atoms with Crippen molar-refractivity contribution in [1.82, 2.24) is 5.32 Å². The molecular weight excluding hydrogens is 150 g/mol. The van der Waals surface area contributed by atoms with E-state index in [0.29, 0.717) is 18.4 Å². The van der Waals surface area contributed by atoms with Gasteiger partial charge in [-0.05, 0) is 32.2 Å². The van der Waals surface area contributed by atoms with E-state index < -0.39 is 5.60 Å². The van der Waals surface area contributed by atoms with Gasteiger partial charge in [-0.2, -0.15) is 0 Å². The molecule has 1 unspecified atom stereocenters. The highest BCUT2D eigenvalue weighted by molar-refractivity contribution is 4.70. The number of hydrogen-bond acceptors (Lipinski definition) is 2. The fraction of sp³-hybridized carbons (Fsp3) is 1.00. The van der Waals surface area contributed by atoms with Crippen LogP contribution in [0.25, 0.3) is 0 Å². The molecule has 0 amide bonds. The van der Waals surface area contributed by atoms with E-state index in [2.05, 4.69) is 26.1 Å². The topological polar surface area (TPSA) is 32.3 Å². The molecule has 74 valence electrons. The van der Waals surface area contributed by atoms with E-state index in [1.807, 2.05) is 13.8 Å². The second-order valence-electron chi connectivity index (χ2n) is 4.66. The molecule has 0 aromatic heterocycles. The Morgan fingerprint density at radius 3 is 2.08 bits per heavy atom. The summed E-state index contributed by atoms with van der Waals surface area (Å²) in [5.74, 6) is 1.38. The summed E-state index contributed by atoms with van der Waals surface area (Å²) in [7, 11) is 0. The van der Waals surface area contributed by atoms with Crippen LogP contribution < -0.4 is 5.32 Å². The Labute approximate surface area is 76.4 Å². The van der Waals surface area contributed by atoms with Crippen LogP contribution in [-0.2, 0) is 0 Å². The molecule has 0 rings (SSSR count). The van der Waals surface area contributed by atoms with Gasteiger partial charge in [0.2, 0.25) is 0 Å². The Morgan fingerprint density at radius 1 is 1.25 bits per heavy atom. The van der Waals surface area contributed by atoms with Gasteiger partial charge < -0.3 is 10.4 Å². The van der Waals surface area contributed by atoms with E-state index >= 15 is 0 Å². The zero-order valence-corrected chi connectivity index (χ0v) is 9.02. The number of hydrogen-bond donors (Lipinski definition) is 2. The first-order valence-corrected chi connectivity index (χ1v) is 4.76. The van der Waals surface area contributed by atoms with Crippen molar-refractivity contribution in [3.05, 3.63) is 0 Å². The van der Waals surface area contributed by atoms with E-state index in [1.165, 1.54) is 0 Å². The molecule has 0 saturated carbocycles. The Balaban J connectivity index is 3.44. The third kappa shape index (κ3) is 6.62. The Bertz CT molecular complexity index is 115. The Morgan fingerprint density at radius 2 is 1.75 bits per heavy atom. The maximum atomic E-state index is 9.41. The minimum Gasteiger partial charge on any atom is -0.389 e. The average molecular weight is 173 g/mol. The van der Waals surface area contributed by atoms with Gasteiger partial charge in [0.15, 0.2) is 0 Å². The lowest BCUT2D eigenvalue weighted by molar-refractivity contribution is 0.0783. The van der Waals surface area contributed by atoms with Crippen molar-refractivity contribution >= 4 is 0 Å². The molecule has 2 N–H and O–H groups in total. The zero-order chi connectivity index (χ0) is 9.78. The highest BCUT2D eigenvalue weighted by Crippen LogP contribution is 2.08. The van der Waals surface area contributed by atoms with Gasteiger partial charge in [0.05, 0.1) is 5.60 Å². The van der Waals surface area contributed by atoms with Crippen LogP contribution in [0.4, 0.5) is 0 Å². The first-order chi connectivity index (χ1) is 5.33. The molecule has 1 atom stereocenters. The van der Waals surface area contributed by atoms with E-state index in [1.54, 1.807) is 0 Å². The maximum Gasteiger partial charge on any atom is 0.0715 e. The fourth-order valence-electron chi connectivity index (χ4n) is 0.841. The van der Waals surface area contributed by atoms with Gasteiger partial charge in [0.25, 0.3) is 0 Å². The summed E-state index contributed by atoms with van der Waals surface area (Å²) in [6, 6.07) is 0. The van der Waals surface area contributed by atoms with Crippen molar-refractivity contribution in [3.8, 4) is 0 Å². The summed E-state index contributed by atoms with van der Waals surface area (Å²) >= 11 is 0. The number of aliphatic hydroxyl groups is 1. The quantitative estimate of drug-likeness (QED) is 0.662. The normalized spacial score (nSPS) is 15.2. The Kier molecular flexibility index (Phi) is 4.80. The van der Waals surface area contributed by atoms with Crippen LogP contribution in [-0.4, -0.2) is 23.8 Å². The van der Waals surface area contributed by atoms with Gasteiger partial charge in [-0.1, -0.05) is 20.8 Å². The van der Waals surface area contributed by atoms with Crippen molar-refractivity contribution < 1.29 is 5.11 Å². The SMILES string of the molecule is CC(C)C(C)CNCC(C)(C)O. The predicted octanol–water partition coefficient (Wildman–Crippen LogP) is 1.64. The lowest BCUT2D eigenvalue weighted by Gasteiger charge is -2.21. The highest BCUT2D eigenvalue weighted by Gasteiger charge is 2.13. The van der Waals surface area contributed by atoms with Gasteiger partial charge in [0.1, 0.15) is 0 Å². The molecule has 0 aliphatic heterocycles. The Hall–Kier alpha value is -0.0800. The third-order valence-corrected chi connectivity index (χ3v) is 2.16. The minimum absolute atomic E-state index is 0.587. The molecule has 12 heavy (non-hydrogen) atoms. The molecule has 0 aromatic rings. The van der Waals surface area contributed by atoms with Gasteiger partial charge in [-0.3, -0.25) is 0 Å². The monoisotopic (exact) mass is 173 g/mol. The molecule has 0 radical (unpaired) electrons.